The monoisotopic (exact) mass is 406 g/mol. The van der Waals surface area contributed by atoms with Crippen LogP contribution in [0.5, 0.6) is 11.5 Å². The molecule has 0 aromatic heterocycles. The molecule has 0 bridgehead atoms. The molecule has 1 heterocycles. The van der Waals surface area contributed by atoms with Gasteiger partial charge in [0, 0.05) is 17.8 Å². The number of methoxy groups -OCH3 is 2. The second-order valence-electron chi connectivity index (χ2n) is 7.21. The van der Waals surface area contributed by atoms with Crippen molar-refractivity contribution in [2.45, 2.75) is 20.3 Å². The van der Waals surface area contributed by atoms with Crippen LogP contribution >= 0.6 is 0 Å². The lowest BCUT2D eigenvalue weighted by molar-refractivity contribution is -0.121. The Morgan fingerprint density at radius 1 is 1.10 bits per heavy atom. The van der Waals surface area contributed by atoms with E-state index in [-0.39, 0.29) is 17.7 Å². The Balaban J connectivity index is 1.59. The fourth-order valence-corrected chi connectivity index (χ4v) is 3.39. The van der Waals surface area contributed by atoms with E-state index in [1.165, 1.54) is 6.08 Å². The molecule has 2 amide bonds. The third-order valence-corrected chi connectivity index (χ3v) is 5.13. The Morgan fingerprint density at radius 2 is 1.83 bits per heavy atom. The average molecular weight is 406 g/mol. The van der Waals surface area contributed by atoms with Crippen molar-refractivity contribution in [1.82, 2.24) is 5.32 Å². The van der Waals surface area contributed by atoms with Crippen LogP contribution in [0.2, 0.25) is 0 Å². The van der Waals surface area contributed by atoms with Crippen LogP contribution in [0.25, 0.3) is 12.2 Å². The number of ether oxygens (including phenoxy) is 2. The molecule has 0 saturated carbocycles. The van der Waals surface area contributed by atoms with Crippen LogP contribution in [-0.2, 0) is 9.59 Å². The van der Waals surface area contributed by atoms with Crippen molar-refractivity contribution in [3.05, 3.63) is 63.7 Å². The molecule has 0 fully saturated rings. The van der Waals surface area contributed by atoms with E-state index >= 15 is 0 Å². The number of rotatable bonds is 7. The van der Waals surface area contributed by atoms with Gasteiger partial charge in [-0.05, 0) is 55.2 Å². The highest BCUT2D eigenvalue weighted by atomic mass is 16.5. The van der Waals surface area contributed by atoms with Gasteiger partial charge in [0.1, 0.15) is 0 Å². The van der Waals surface area contributed by atoms with E-state index in [0.29, 0.717) is 24.5 Å². The molecule has 6 heteroatoms. The van der Waals surface area contributed by atoms with Crippen molar-refractivity contribution in [3.63, 3.8) is 0 Å². The Morgan fingerprint density at radius 3 is 2.57 bits per heavy atom. The summed E-state index contributed by atoms with van der Waals surface area (Å²) in [7, 11) is 3.14. The minimum atomic E-state index is -0.326. The zero-order valence-corrected chi connectivity index (χ0v) is 17.7. The standard InChI is InChI=1S/C24H26N2O4/c1-15-5-6-16(2)23-19(15)14-18(24(28)26-23)11-12-25-22(27)10-8-17-7-9-20(29-3)21(13-17)30-4/h5-10,13-14,18H,11-12H2,1-4H3,(H,25,27)/b10-8+. The summed E-state index contributed by atoms with van der Waals surface area (Å²) in [6.07, 6.45) is 5.64. The van der Waals surface area contributed by atoms with Gasteiger partial charge < -0.3 is 14.8 Å². The summed E-state index contributed by atoms with van der Waals surface area (Å²) in [5.41, 5.74) is 2.91. The highest BCUT2D eigenvalue weighted by molar-refractivity contribution is 5.92. The molecule has 6 nitrogen and oxygen atoms in total. The zero-order chi connectivity index (χ0) is 21.7. The molecule has 156 valence electrons. The lowest BCUT2D eigenvalue weighted by Crippen LogP contribution is -2.38. The minimum absolute atomic E-state index is 0.161. The summed E-state index contributed by atoms with van der Waals surface area (Å²) in [4.78, 5) is 28.8. The van der Waals surface area contributed by atoms with Gasteiger partial charge in [0.2, 0.25) is 5.91 Å². The maximum Gasteiger partial charge on any atom is 0.253 e. The molecule has 3 rings (SSSR count). The van der Waals surface area contributed by atoms with Gasteiger partial charge in [0.25, 0.3) is 5.91 Å². The number of aryl methyl sites for hydroxylation is 2. The predicted octanol–water partition coefficient (Wildman–Crippen LogP) is 2.10. The number of carbonyl (C=O) groups excluding carboxylic acids is 2. The summed E-state index contributed by atoms with van der Waals surface area (Å²) < 4.78 is 10.5. The normalized spacial score (nSPS) is 15.2. The smallest absolute Gasteiger partial charge is 0.253 e. The Hall–Kier alpha value is -3.41. The molecule has 0 aliphatic carbocycles. The van der Waals surface area contributed by atoms with Crippen LogP contribution in [0.3, 0.4) is 0 Å². The fourth-order valence-electron chi connectivity index (χ4n) is 3.39. The first-order chi connectivity index (χ1) is 14.4. The summed E-state index contributed by atoms with van der Waals surface area (Å²) in [5.74, 6) is 0.516. The van der Waals surface area contributed by atoms with E-state index in [1.807, 2.05) is 38.1 Å². The van der Waals surface area contributed by atoms with Crippen LogP contribution in [-0.4, -0.2) is 32.6 Å². The molecule has 1 aliphatic rings. The molecule has 1 unspecified atom stereocenters. The number of hydrogen-bond acceptors (Lipinski definition) is 4. The number of carbonyl (C=O) groups is 2. The highest BCUT2D eigenvalue weighted by Crippen LogP contribution is 2.27. The Bertz CT molecular complexity index is 1120. The first kappa shape index (κ1) is 21.3. The van der Waals surface area contributed by atoms with Crippen LogP contribution < -0.4 is 25.4 Å². The average Bonchev–Trinajstić information content (AvgIpc) is 2.75. The predicted molar refractivity (Wildman–Crippen MR) is 116 cm³/mol. The number of hydrogen-bond donors (Lipinski definition) is 1. The number of amides is 2. The highest BCUT2D eigenvalue weighted by Gasteiger charge is 2.19. The third-order valence-electron chi connectivity index (χ3n) is 5.13. The molecule has 0 radical (unpaired) electrons. The van der Waals surface area contributed by atoms with Gasteiger partial charge in [0.15, 0.2) is 11.5 Å². The molecule has 1 aliphatic heterocycles. The topological polar surface area (TPSA) is 77.0 Å². The Labute approximate surface area is 175 Å². The van der Waals surface area contributed by atoms with Crippen molar-refractivity contribution >= 4 is 24.0 Å². The molecular weight excluding hydrogens is 380 g/mol. The van der Waals surface area contributed by atoms with Crippen molar-refractivity contribution in [2.24, 2.45) is 10.9 Å². The van der Waals surface area contributed by atoms with Crippen LogP contribution in [0.1, 0.15) is 23.1 Å². The van der Waals surface area contributed by atoms with Gasteiger partial charge in [-0.2, -0.15) is 0 Å². The fraction of sp³-hybridized carbons (Fsp3) is 0.292. The molecule has 1 N–H and O–H groups in total. The van der Waals surface area contributed by atoms with Crippen molar-refractivity contribution in [3.8, 4) is 11.5 Å². The van der Waals surface area contributed by atoms with E-state index in [9.17, 15) is 9.59 Å². The van der Waals surface area contributed by atoms with Gasteiger partial charge in [-0.3, -0.25) is 9.59 Å². The molecule has 2 aromatic rings. The van der Waals surface area contributed by atoms with Crippen molar-refractivity contribution in [2.75, 3.05) is 20.8 Å². The van der Waals surface area contributed by atoms with Crippen LogP contribution in [0.4, 0.5) is 0 Å². The lowest BCUT2D eigenvalue weighted by atomic mass is 9.97. The van der Waals surface area contributed by atoms with Crippen LogP contribution in [0.15, 0.2) is 41.4 Å². The number of fused-ring (bicyclic) bond motifs is 1. The van der Waals surface area contributed by atoms with E-state index < -0.39 is 0 Å². The van der Waals surface area contributed by atoms with E-state index in [1.54, 1.807) is 32.4 Å². The van der Waals surface area contributed by atoms with Gasteiger partial charge >= 0.3 is 0 Å². The molecule has 0 spiro atoms. The van der Waals surface area contributed by atoms with Gasteiger partial charge in [-0.15, -0.1) is 0 Å². The quantitative estimate of drug-likeness (QED) is 0.715. The first-order valence-electron chi connectivity index (χ1n) is 9.81. The first-order valence-corrected chi connectivity index (χ1v) is 9.81. The summed E-state index contributed by atoms with van der Waals surface area (Å²) in [6.45, 7) is 4.35. The van der Waals surface area contributed by atoms with Crippen LogP contribution in [0, 0.1) is 19.8 Å². The second kappa shape index (κ2) is 9.39. The zero-order valence-electron chi connectivity index (χ0n) is 17.7. The van der Waals surface area contributed by atoms with E-state index in [2.05, 4.69) is 10.3 Å². The summed E-state index contributed by atoms with van der Waals surface area (Å²) in [6, 6.07) is 9.43. The minimum Gasteiger partial charge on any atom is -0.493 e. The van der Waals surface area contributed by atoms with Gasteiger partial charge in [-0.25, -0.2) is 4.99 Å². The largest absolute Gasteiger partial charge is 0.493 e. The van der Waals surface area contributed by atoms with Crippen molar-refractivity contribution < 1.29 is 19.1 Å². The molecule has 30 heavy (non-hydrogen) atoms. The molecule has 2 aromatic carbocycles. The van der Waals surface area contributed by atoms with Gasteiger partial charge in [-0.1, -0.05) is 24.3 Å². The van der Waals surface area contributed by atoms with E-state index in [0.717, 1.165) is 27.3 Å². The summed E-state index contributed by atoms with van der Waals surface area (Å²) in [5, 5.41) is 4.60. The van der Waals surface area contributed by atoms with E-state index in [4.69, 9.17) is 9.47 Å². The molecule has 1 atom stereocenters. The molecular formula is C24H26N2O4. The maximum atomic E-state index is 12.4. The second-order valence-corrected chi connectivity index (χ2v) is 7.21. The number of benzene rings is 2. The molecule has 0 saturated heterocycles. The third kappa shape index (κ3) is 4.76. The maximum absolute atomic E-state index is 12.4. The van der Waals surface area contributed by atoms with Crippen molar-refractivity contribution in [1.29, 1.82) is 0 Å². The Kier molecular flexibility index (Phi) is 6.67. The SMILES string of the molecule is COc1ccc(/C=C/C(=O)NCCC2C=c3c(C)ccc(C)c3=NC2=O)cc1OC. The lowest BCUT2D eigenvalue weighted by Gasteiger charge is -2.14. The summed E-state index contributed by atoms with van der Waals surface area (Å²) >= 11 is 0. The number of nitrogens with zero attached hydrogens (tertiary/aromatic N) is 1. The van der Waals surface area contributed by atoms with Gasteiger partial charge in [0.05, 0.1) is 25.5 Å². The number of nitrogens with one attached hydrogen (secondary N) is 1.